The third kappa shape index (κ3) is 2.69. The van der Waals surface area contributed by atoms with Crippen molar-refractivity contribution in [2.45, 2.75) is 39.7 Å². The highest BCUT2D eigenvalue weighted by Crippen LogP contribution is 2.28. The van der Waals surface area contributed by atoms with Crippen molar-refractivity contribution in [3.63, 3.8) is 0 Å². The van der Waals surface area contributed by atoms with Crippen LogP contribution in [0.5, 0.6) is 0 Å². The first-order valence-corrected chi connectivity index (χ1v) is 6.52. The van der Waals surface area contributed by atoms with E-state index in [-0.39, 0.29) is 17.5 Å². The molecule has 1 unspecified atom stereocenters. The Balaban J connectivity index is 2.44. The molecule has 0 fully saturated rings. The Morgan fingerprint density at radius 2 is 1.89 bits per heavy atom. The number of fused-ring (bicyclic) bond motifs is 1. The summed E-state index contributed by atoms with van der Waals surface area (Å²) in [5.74, 6) is -0.471. The Morgan fingerprint density at radius 1 is 1.21 bits per heavy atom. The summed E-state index contributed by atoms with van der Waals surface area (Å²) in [6.45, 7) is 6.27. The van der Waals surface area contributed by atoms with Crippen molar-refractivity contribution in [1.29, 1.82) is 0 Å². The summed E-state index contributed by atoms with van der Waals surface area (Å²) >= 11 is 0. The lowest BCUT2D eigenvalue weighted by atomic mass is 10.0. The monoisotopic (exact) mass is 267 g/mol. The highest BCUT2D eigenvalue weighted by molar-refractivity contribution is 5.79. The van der Waals surface area contributed by atoms with Crippen LogP contribution in [0.15, 0.2) is 12.1 Å². The fourth-order valence-electron chi connectivity index (χ4n) is 2.31. The maximum Gasteiger partial charge on any atom is 0.201 e. The second-order valence-electron chi connectivity index (χ2n) is 5.42. The molecule has 0 aliphatic heterocycles. The SMILES string of the molecule is CC(C)CCC(C)n1c(N)nc2c(F)cc(F)cc21. The third-order valence-corrected chi connectivity index (χ3v) is 3.34. The van der Waals surface area contributed by atoms with Gasteiger partial charge < -0.3 is 10.3 Å². The molecule has 104 valence electrons. The number of benzene rings is 1. The van der Waals surface area contributed by atoms with Crippen LogP contribution in [0.2, 0.25) is 0 Å². The highest BCUT2D eigenvalue weighted by Gasteiger charge is 2.17. The van der Waals surface area contributed by atoms with Gasteiger partial charge in [-0.05, 0) is 25.7 Å². The van der Waals surface area contributed by atoms with Crippen LogP contribution < -0.4 is 5.73 Å². The summed E-state index contributed by atoms with van der Waals surface area (Å²) in [5, 5.41) is 0. The van der Waals surface area contributed by atoms with Crippen LogP contribution in [0.3, 0.4) is 0 Å². The second kappa shape index (κ2) is 5.15. The van der Waals surface area contributed by atoms with E-state index in [9.17, 15) is 8.78 Å². The Morgan fingerprint density at radius 3 is 2.53 bits per heavy atom. The van der Waals surface area contributed by atoms with E-state index in [1.807, 2.05) is 6.92 Å². The molecule has 0 amide bonds. The zero-order valence-corrected chi connectivity index (χ0v) is 11.5. The number of imidazole rings is 1. The lowest BCUT2D eigenvalue weighted by Gasteiger charge is -2.17. The predicted octanol–water partition coefficient (Wildman–Crippen LogP) is 3.89. The number of halogens is 2. The van der Waals surface area contributed by atoms with Gasteiger partial charge in [0.15, 0.2) is 5.82 Å². The van der Waals surface area contributed by atoms with Crippen LogP contribution in [0.4, 0.5) is 14.7 Å². The minimum absolute atomic E-state index is 0.0635. The molecule has 19 heavy (non-hydrogen) atoms. The van der Waals surface area contributed by atoms with E-state index in [1.165, 1.54) is 6.07 Å². The fraction of sp³-hybridized carbons (Fsp3) is 0.500. The molecular weight excluding hydrogens is 248 g/mol. The number of rotatable bonds is 4. The zero-order valence-electron chi connectivity index (χ0n) is 11.5. The summed E-state index contributed by atoms with van der Waals surface area (Å²) in [7, 11) is 0. The average molecular weight is 267 g/mol. The number of anilines is 1. The average Bonchev–Trinajstić information content (AvgIpc) is 2.63. The number of nitrogens with zero attached hydrogens (tertiary/aromatic N) is 2. The Kier molecular flexibility index (Phi) is 3.73. The number of hydrogen-bond donors (Lipinski definition) is 1. The first kappa shape index (κ1) is 13.8. The normalized spacial score (nSPS) is 13.4. The van der Waals surface area contributed by atoms with E-state index in [1.54, 1.807) is 4.57 Å². The first-order valence-electron chi connectivity index (χ1n) is 6.52. The molecule has 2 aromatic rings. The molecule has 0 aliphatic rings. The van der Waals surface area contributed by atoms with E-state index in [2.05, 4.69) is 18.8 Å². The Labute approximate surface area is 111 Å². The van der Waals surface area contributed by atoms with Gasteiger partial charge in [-0.2, -0.15) is 0 Å². The number of hydrogen-bond acceptors (Lipinski definition) is 2. The summed E-state index contributed by atoms with van der Waals surface area (Å²) in [6, 6.07) is 2.18. The zero-order chi connectivity index (χ0) is 14.2. The predicted molar refractivity (Wildman–Crippen MR) is 72.8 cm³/mol. The van der Waals surface area contributed by atoms with Crippen LogP contribution in [-0.2, 0) is 0 Å². The van der Waals surface area contributed by atoms with Crippen LogP contribution >= 0.6 is 0 Å². The van der Waals surface area contributed by atoms with Crippen LogP contribution in [0.1, 0.15) is 39.7 Å². The summed E-state index contributed by atoms with van der Waals surface area (Å²) < 4.78 is 28.7. The van der Waals surface area contributed by atoms with Gasteiger partial charge in [-0.1, -0.05) is 13.8 Å². The summed E-state index contributed by atoms with van der Waals surface area (Å²) in [6.07, 6.45) is 1.92. The lowest BCUT2D eigenvalue weighted by molar-refractivity contribution is 0.449. The molecule has 3 nitrogen and oxygen atoms in total. The van der Waals surface area contributed by atoms with Crippen LogP contribution in [-0.4, -0.2) is 9.55 Å². The van der Waals surface area contributed by atoms with Crippen LogP contribution in [0.25, 0.3) is 11.0 Å². The van der Waals surface area contributed by atoms with Gasteiger partial charge in [0, 0.05) is 18.2 Å². The number of aromatic nitrogens is 2. The van der Waals surface area contributed by atoms with Crippen molar-refractivity contribution in [3.8, 4) is 0 Å². The standard InChI is InChI=1S/C14H19F2N3/c1-8(2)4-5-9(3)19-12-7-10(15)6-11(16)13(12)18-14(19)17/h6-9H,4-5H2,1-3H3,(H2,17,18). The lowest BCUT2D eigenvalue weighted by Crippen LogP contribution is -2.10. The number of nitrogen functional groups attached to an aromatic ring is 1. The topological polar surface area (TPSA) is 43.8 Å². The minimum Gasteiger partial charge on any atom is -0.369 e. The van der Waals surface area contributed by atoms with Crippen molar-refractivity contribution in [2.75, 3.05) is 5.73 Å². The van der Waals surface area contributed by atoms with Gasteiger partial charge in [0.1, 0.15) is 11.3 Å². The van der Waals surface area contributed by atoms with Crippen molar-refractivity contribution in [3.05, 3.63) is 23.8 Å². The molecule has 1 atom stereocenters. The van der Waals surface area contributed by atoms with Crippen molar-refractivity contribution < 1.29 is 8.78 Å². The summed E-state index contributed by atoms with van der Waals surface area (Å²) in [5.41, 5.74) is 6.40. The van der Waals surface area contributed by atoms with Gasteiger partial charge in [-0.15, -0.1) is 0 Å². The van der Waals surface area contributed by atoms with Crippen LogP contribution in [0, 0.1) is 17.6 Å². The van der Waals surface area contributed by atoms with E-state index in [4.69, 9.17) is 5.73 Å². The molecule has 2 rings (SSSR count). The van der Waals surface area contributed by atoms with Gasteiger partial charge in [0.2, 0.25) is 5.95 Å². The number of nitrogens with two attached hydrogens (primary N) is 1. The molecule has 0 saturated carbocycles. The largest absolute Gasteiger partial charge is 0.369 e. The van der Waals surface area contributed by atoms with Gasteiger partial charge in [0.25, 0.3) is 0 Å². The summed E-state index contributed by atoms with van der Waals surface area (Å²) in [4.78, 5) is 4.00. The molecule has 5 heteroatoms. The van der Waals surface area contributed by atoms with Crippen molar-refractivity contribution in [2.24, 2.45) is 5.92 Å². The third-order valence-electron chi connectivity index (χ3n) is 3.34. The van der Waals surface area contributed by atoms with Crippen molar-refractivity contribution >= 4 is 17.0 Å². The van der Waals surface area contributed by atoms with Crippen molar-refractivity contribution in [1.82, 2.24) is 9.55 Å². The Bertz CT molecular complexity index is 590. The first-order chi connectivity index (χ1) is 8.90. The van der Waals surface area contributed by atoms with Gasteiger partial charge in [-0.3, -0.25) is 0 Å². The van der Waals surface area contributed by atoms with Gasteiger partial charge in [0.05, 0.1) is 5.52 Å². The second-order valence-corrected chi connectivity index (χ2v) is 5.42. The molecule has 0 bridgehead atoms. The molecular formula is C14H19F2N3. The van der Waals surface area contributed by atoms with E-state index < -0.39 is 11.6 Å². The molecule has 0 spiro atoms. The molecule has 0 aliphatic carbocycles. The molecule has 1 heterocycles. The quantitative estimate of drug-likeness (QED) is 0.913. The Hall–Kier alpha value is -1.65. The van der Waals surface area contributed by atoms with E-state index >= 15 is 0 Å². The molecule has 0 saturated heterocycles. The van der Waals surface area contributed by atoms with Gasteiger partial charge >= 0.3 is 0 Å². The van der Waals surface area contributed by atoms with Gasteiger partial charge in [-0.25, -0.2) is 13.8 Å². The minimum atomic E-state index is -0.670. The van der Waals surface area contributed by atoms with E-state index in [0.29, 0.717) is 11.4 Å². The smallest absolute Gasteiger partial charge is 0.201 e. The maximum atomic E-state index is 13.6. The fourth-order valence-corrected chi connectivity index (χ4v) is 2.31. The molecule has 2 N–H and O–H groups in total. The maximum absolute atomic E-state index is 13.6. The molecule has 1 aromatic heterocycles. The van der Waals surface area contributed by atoms with E-state index in [0.717, 1.165) is 18.9 Å². The molecule has 0 radical (unpaired) electrons. The highest BCUT2D eigenvalue weighted by atomic mass is 19.1. The molecule has 1 aromatic carbocycles.